The molecule has 0 amide bonds. The molecule has 0 saturated carbocycles. The van der Waals surface area contributed by atoms with Gasteiger partial charge in [-0.2, -0.15) is 0 Å². The van der Waals surface area contributed by atoms with Crippen LogP contribution in [0.2, 0.25) is 0 Å². The molecule has 1 unspecified atom stereocenters. The summed E-state index contributed by atoms with van der Waals surface area (Å²) >= 11 is 0. The van der Waals surface area contributed by atoms with Crippen LogP contribution in [0, 0.1) is 6.92 Å². The Kier molecular flexibility index (Phi) is 3.24. The van der Waals surface area contributed by atoms with E-state index in [0.717, 1.165) is 25.1 Å². The lowest BCUT2D eigenvalue weighted by atomic mass is 9.98. The highest BCUT2D eigenvalue weighted by atomic mass is 16.5. The predicted octanol–water partition coefficient (Wildman–Crippen LogP) is 1.50. The summed E-state index contributed by atoms with van der Waals surface area (Å²) in [5.41, 5.74) is 0.857. The summed E-state index contributed by atoms with van der Waals surface area (Å²) in [6.45, 7) is 3.28. The zero-order valence-corrected chi connectivity index (χ0v) is 9.23. The molecule has 0 radical (unpaired) electrons. The summed E-state index contributed by atoms with van der Waals surface area (Å²) < 4.78 is 10.7. The molecule has 16 heavy (non-hydrogen) atoms. The number of carbonyl (C=O) groups is 1. The minimum Gasteiger partial charge on any atom is -0.481 e. The molecule has 1 N–H and O–H groups in total. The molecule has 5 heteroatoms. The molecule has 1 aliphatic heterocycles. The Bertz CT molecular complexity index is 379. The molecule has 1 atom stereocenters. The summed E-state index contributed by atoms with van der Waals surface area (Å²) in [5, 5.41) is 8.65. The molecule has 1 aliphatic rings. The van der Waals surface area contributed by atoms with E-state index in [4.69, 9.17) is 14.3 Å². The summed E-state index contributed by atoms with van der Waals surface area (Å²) in [6, 6.07) is 0. The van der Waals surface area contributed by atoms with Crippen molar-refractivity contribution in [2.75, 3.05) is 13.2 Å². The number of rotatable bonds is 3. The molecule has 1 fully saturated rings. The average molecular weight is 225 g/mol. The Morgan fingerprint density at radius 1 is 1.62 bits per heavy atom. The summed E-state index contributed by atoms with van der Waals surface area (Å²) in [7, 11) is 0. The number of aromatic nitrogens is 1. The molecule has 0 bridgehead atoms. The quantitative estimate of drug-likeness (QED) is 0.844. The molecule has 2 rings (SSSR count). The lowest BCUT2D eigenvalue weighted by Gasteiger charge is -2.20. The van der Waals surface area contributed by atoms with Gasteiger partial charge in [-0.05, 0) is 19.8 Å². The van der Waals surface area contributed by atoms with Crippen LogP contribution in [0.1, 0.15) is 36.1 Å². The first-order valence-corrected chi connectivity index (χ1v) is 5.42. The van der Waals surface area contributed by atoms with Gasteiger partial charge in [0.05, 0.1) is 12.3 Å². The first-order chi connectivity index (χ1) is 7.66. The van der Waals surface area contributed by atoms with E-state index in [1.54, 1.807) is 0 Å². The number of carboxylic acids is 1. The second-order valence-corrected chi connectivity index (χ2v) is 4.03. The number of hydrogen-bond acceptors (Lipinski definition) is 4. The number of hydrogen-bond donors (Lipinski definition) is 1. The molecule has 5 nitrogen and oxygen atoms in total. The van der Waals surface area contributed by atoms with Crippen LogP contribution in [-0.2, 0) is 16.0 Å². The summed E-state index contributed by atoms with van der Waals surface area (Å²) in [4.78, 5) is 14.8. The molecule has 2 heterocycles. The fourth-order valence-electron chi connectivity index (χ4n) is 2.00. The van der Waals surface area contributed by atoms with Crippen molar-refractivity contribution in [3.05, 3.63) is 17.3 Å². The predicted molar refractivity (Wildman–Crippen MR) is 55.4 cm³/mol. The molecule has 0 aromatic carbocycles. The Morgan fingerprint density at radius 3 is 3.06 bits per heavy atom. The average Bonchev–Trinajstić information content (AvgIpc) is 2.60. The maximum atomic E-state index is 10.5. The molecule has 0 spiro atoms. The van der Waals surface area contributed by atoms with Gasteiger partial charge in [0.15, 0.2) is 0 Å². The maximum absolute atomic E-state index is 10.5. The van der Waals surface area contributed by atoms with Gasteiger partial charge in [-0.3, -0.25) is 4.79 Å². The van der Waals surface area contributed by atoms with Crippen molar-refractivity contribution in [2.24, 2.45) is 0 Å². The van der Waals surface area contributed by atoms with Gasteiger partial charge < -0.3 is 14.3 Å². The van der Waals surface area contributed by atoms with Gasteiger partial charge in [-0.25, -0.2) is 4.98 Å². The number of aliphatic carboxylic acids is 1. The van der Waals surface area contributed by atoms with Crippen LogP contribution in [0.5, 0.6) is 0 Å². The fourth-order valence-corrected chi connectivity index (χ4v) is 2.00. The zero-order chi connectivity index (χ0) is 11.5. The normalized spacial score (nSPS) is 20.9. The SMILES string of the molecule is Cc1oc(CC(=O)O)nc1C1CCCOC1. The monoisotopic (exact) mass is 225 g/mol. The van der Waals surface area contributed by atoms with Crippen molar-refractivity contribution in [1.82, 2.24) is 4.98 Å². The molecule has 88 valence electrons. The highest BCUT2D eigenvalue weighted by Gasteiger charge is 2.23. The summed E-state index contributed by atoms with van der Waals surface area (Å²) in [5.74, 6) is 0.324. The van der Waals surface area contributed by atoms with Crippen LogP contribution in [0.4, 0.5) is 0 Å². The zero-order valence-electron chi connectivity index (χ0n) is 9.23. The fraction of sp³-hybridized carbons (Fsp3) is 0.636. The lowest BCUT2D eigenvalue weighted by molar-refractivity contribution is -0.136. The van der Waals surface area contributed by atoms with E-state index in [-0.39, 0.29) is 18.2 Å². The largest absolute Gasteiger partial charge is 0.481 e. The van der Waals surface area contributed by atoms with Gasteiger partial charge in [0.2, 0.25) is 5.89 Å². The number of nitrogens with zero attached hydrogens (tertiary/aromatic N) is 1. The topological polar surface area (TPSA) is 72.6 Å². The summed E-state index contributed by atoms with van der Waals surface area (Å²) in [6.07, 6.45) is 1.89. The standard InChI is InChI=1S/C11H15NO4/c1-7-11(8-3-2-4-15-6-8)12-9(16-7)5-10(13)14/h8H,2-6H2,1H3,(H,13,14). The highest BCUT2D eigenvalue weighted by molar-refractivity contribution is 5.68. The van der Waals surface area contributed by atoms with Crippen molar-refractivity contribution < 1.29 is 19.1 Å². The first kappa shape index (κ1) is 11.1. The van der Waals surface area contributed by atoms with E-state index < -0.39 is 5.97 Å². The molecular weight excluding hydrogens is 210 g/mol. The van der Waals surface area contributed by atoms with Gasteiger partial charge in [0.25, 0.3) is 0 Å². The molecule has 0 aliphatic carbocycles. The third-order valence-corrected chi connectivity index (χ3v) is 2.73. The maximum Gasteiger partial charge on any atom is 0.312 e. The number of ether oxygens (including phenoxy) is 1. The third kappa shape index (κ3) is 2.41. The van der Waals surface area contributed by atoms with Crippen LogP contribution >= 0.6 is 0 Å². The van der Waals surface area contributed by atoms with Crippen molar-refractivity contribution in [3.8, 4) is 0 Å². The van der Waals surface area contributed by atoms with E-state index >= 15 is 0 Å². The highest BCUT2D eigenvalue weighted by Crippen LogP contribution is 2.27. The molecule has 1 saturated heterocycles. The third-order valence-electron chi connectivity index (χ3n) is 2.73. The Hall–Kier alpha value is -1.36. The van der Waals surface area contributed by atoms with Gasteiger partial charge in [-0.15, -0.1) is 0 Å². The van der Waals surface area contributed by atoms with Crippen LogP contribution in [-0.4, -0.2) is 29.3 Å². The minimum absolute atomic E-state index is 0.158. The van der Waals surface area contributed by atoms with Gasteiger partial charge in [-0.1, -0.05) is 0 Å². The van der Waals surface area contributed by atoms with Gasteiger partial charge >= 0.3 is 5.97 Å². The Balaban J connectivity index is 2.13. The van der Waals surface area contributed by atoms with E-state index in [0.29, 0.717) is 12.4 Å². The van der Waals surface area contributed by atoms with Crippen molar-refractivity contribution in [2.45, 2.75) is 32.1 Å². The van der Waals surface area contributed by atoms with Crippen LogP contribution < -0.4 is 0 Å². The Morgan fingerprint density at radius 2 is 2.44 bits per heavy atom. The number of carboxylic acid groups (broad SMARTS) is 1. The van der Waals surface area contributed by atoms with Crippen molar-refractivity contribution in [1.29, 1.82) is 0 Å². The van der Waals surface area contributed by atoms with Crippen LogP contribution in [0.3, 0.4) is 0 Å². The molecule has 1 aromatic heterocycles. The van der Waals surface area contributed by atoms with Crippen LogP contribution in [0.15, 0.2) is 4.42 Å². The van der Waals surface area contributed by atoms with E-state index in [9.17, 15) is 4.79 Å². The first-order valence-electron chi connectivity index (χ1n) is 5.42. The minimum atomic E-state index is -0.923. The lowest BCUT2D eigenvalue weighted by Crippen LogP contribution is -2.16. The van der Waals surface area contributed by atoms with Crippen LogP contribution in [0.25, 0.3) is 0 Å². The number of oxazole rings is 1. The van der Waals surface area contributed by atoms with Crippen molar-refractivity contribution >= 4 is 5.97 Å². The van der Waals surface area contributed by atoms with E-state index in [1.165, 1.54) is 0 Å². The molecular formula is C11H15NO4. The Labute approximate surface area is 93.4 Å². The smallest absolute Gasteiger partial charge is 0.312 e. The van der Waals surface area contributed by atoms with E-state index in [2.05, 4.69) is 4.98 Å². The van der Waals surface area contributed by atoms with E-state index in [1.807, 2.05) is 6.92 Å². The number of aryl methyl sites for hydroxylation is 1. The van der Waals surface area contributed by atoms with Gasteiger partial charge in [0, 0.05) is 12.5 Å². The van der Waals surface area contributed by atoms with Crippen molar-refractivity contribution in [3.63, 3.8) is 0 Å². The van der Waals surface area contributed by atoms with Gasteiger partial charge in [0.1, 0.15) is 12.2 Å². The molecule has 1 aromatic rings. The second kappa shape index (κ2) is 4.65. The second-order valence-electron chi connectivity index (χ2n) is 4.03.